The molecule has 3 N–H and O–H groups in total. The Morgan fingerprint density at radius 3 is 2.29 bits per heavy atom. The highest BCUT2D eigenvalue weighted by atomic mass is 16.1. The molecule has 4 nitrogen and oxygen atoms in total. The number of carbonyl (C=O) groups is 1. The maximum absolute atomic E-state index is 12.1. The number of nitrogens with zero attached hydrogens (tertiary/aromatic N) is 1. The Bertz CT molecular complexity index is 615. The Kier molecular flexibility index (Phi) is 6.97. The fraction of sp³-hybridized carbons (Fsp3) is 0.350. The van der Waals surface area contributed by atoms with E-state index in [1.807, 2.05) is 48.5 Å². The van der Waals surface area contributed by atoms with Gasteiger partial charge in [-0.05, 0) is 25.1 Å². The van der Waals surface area contributed by atoms with Crippen molar-refractivity contribution in [2.75, 3.05) is 13.6 Å². The molecule has 0 bridgehead atoms. The van der Waals surface area contributed by atoms with E-state index in [0.717, 1.165) is 12.1 Å². The predicted octanol–water partition coefficient (Wildman–Crippen LogP) is 2.71. The van der Waals surface area contributed by atoms with Gasteiger partial charge in [-0.25, -0.2) is 0 Å². The van der Waals surface area contributed by atoms with Gasteiger partial charge in [0.15, 0.2) is 0 Å². The Morgan fingerprint density at radius 1 is 1.08 bits per heavy atom. The van der Waals surface area contributed by atoms with Crippen LogP contribution < -0.4 is 11.1 Å². The zero-order chi connectivity index (χ0) is 17.4. The minimum Gasteiger partial charge on any atom is -0.354 e. The van der Waals surface area contributed by atoms with Crippen LogP contribution in [0.2, 0.25) is 0 Å². The van der Waals surface area contributed by atoms with Crippen molar-refractivity contribution in [1.29, 1.82) is 0 Å². The molecule has 2 unspecified atom stereocenters. The van der Waals surface area contributed by atoms with Crippen molar-refractivity contribution in [1.82, 2.24) is 10.2 Å². The third-order valence-corrected chi connectivity index (χ3v) is 4.25. The minimum atomic E-state index is -0.261. The summed E-state index contributed by atoms with van der Waals surface area (Å²) in [4.78, 5) is 14.3. The molecule has 2 aromatic rings. The number of likely N-dealkylation sites (N-methyl/N-ethyl adjacent to an activating group) is 1. The maximum Gasteiger partial charge on any atom is 0.221 e. The van der Waals surface area contributed by atoms with Crippen LogP contribution in [-0.2, 0) is 11.3 Å². The van der Waals surface area contributed by atoms with Crippen LogP contribution in [0.25, 0.3) is 0 Å². The van der Waals surface area contributed by atoms with Gasteiger partial charge in [0.25, 0.3) is 0 Å². The second-order valence-corrected chi connectivity index (χ2v) is 6.28. The molecule has 4 heteroatoms. The highest BCUT2D eigenvalue weighted by molar-refractivity contribution is 5.76. The largest absolute Gasteiger partial charge is 0.354 e. The van der Waals surface area contributed by atoms with E-state index in [4.69, 9.17) is 5.73 Å². The number of hydrogen-bond acceptors (Lipinski definition) is 3. The maximum atomic E-state index is 12.1. The smallest absolute Gasteiger partial charge is 0.221 e. The molecule has 0 fully saturated rings. The summed E-state index contributed by atoms with van der Waals surface area (Å²) < 4.78 is 0. The predicted molar refractivity (Wildman–Crippen MR) is 98.4 cm³/mol. The molecule has 0 radical (unpaired) electrons. The molecule has 0 heterocycles. The Morgan fingerprint density at radius 2 is 1.67 bits per heavy atom. The molecule has 0 saturated heterocycles. The van der Waals surface area contributed by atoms with E-state index in [2.05, 4.69) is 36.3 Å². The standard InChI is InChI=1S/C20H27N3O/c1-16(23(2)15-17-9-5-3-6-10-17)14-22-20(24)13-19(21)18-11-7-4-8-12-18/h3-12,16,19H,13-15,21H2,1-2H3,(H,22,24). The average molecular weight is 325 g/mol. The first kappa shape index (κ1) is 18.2. The van der Waals surface area contributed by atoms with Crippen LogP contribution in [0.5, 0.6) is 0 Å². The number of hydrogen-bond donors (Lipinski definition) is 2. The lowest BCUT2D eigenvalue weighted by Gasteiger charge is -2.25. The third-order valence-electron chi connectivity index (χ3n) is 4.25. The number of amides is 1. The lowest BCUT2D eigenvalue weighted by molar-refractivity contribution is -0.121. The molecule has 2 aromatic carbocycles. The zero-order valence-corrected chi connectivity index (χ0v) is 14.5. The molecule has 0 spiro atoms. The molecule has 128 valence electrons. The van der Waals surface area contributed by atoms with E-state index in [1.54, 1.807) is 0 Å². The topological polar surface area (TPSA) is 58.4 Å². The van der Waals surface area contributed by atoms with Crippen molar-refractivity contribution in [2.24, 2.45) is 5.73 Å². The molecule has 2 rings (SSSR count). The molecule has 0 aliphatic heterocycles. The van der Waals surface area contributed by atoms with Crippen LogP contribution in [-0.4, -0.2) is 30.4 Å². The first-order valence-corrected chi connectivity index (χ1v) is 8.37. The number of rotatable bonds is 8. The van der Waals surface area contributed by atoms with Crippen LogP contribution in [0.15, 0.2) is 60.7 Å². The first-order valence-electron chi connectivity index (χ1n) is 8.37. The number of benzene rings is 2. The fourth-order valence-corrected chi connectivity index (χ4v) is 2.53. The van der Waals surface area contributed by atoms with E-state index in [9.17, 15) is 4.79 Å². The van der Waals surface area contributed by atoms with E-state index >= 15 is 0 Å². The molecule has 2 atom stereocenters. The molecule has 0 saturated carbocycles. The van der Waals surface area contributed by atoms with Crippen molar-refractivity contribution >= 4 is 5.91 Å². The average Bonchev–Trinajstić information content (AvgIpc) is 2.61. The second-order valence-electron chi connectivity index (χ2n) is 6.28. The summed E-state index contributed by atoms with van der Waals surface area (Å²) in [7, 11) is 2.07. The summed E-state index contributed by atoms with van der Waals surface area (Å²) in [5, 5.41) is 2.99. The first-order chi connectivity index (χ1) is 11.6. The van der Waals surface area contributed by atoms with E-state index < -0.39 is 0 Å². The van der Waals surface area contributed by atoms with E-state index in [-0.39, 0.29) is 18.0 Å². The molecular weight excluding hydrogens is 298 g/mol. The molecule has 0 aliphatic carbocycles. The van der Waals surface area contributed by atoms with Gasteiger partial charge in [0.1, 0.15) is 0 Å². The van der Waals surface area contributed by atoms with Gasteiger partial charge in [-0.15, -0.1) is 0 Å². The lowest BCUT2D eigenvalue weighted by atomic mass is 10.0. The molecule has 24 heavy (non-hydrogen) atoms. The van der Waals surface area contributed by atoms with Gasteiger partial charge in [0.2, 0.25) is 5.91 Å². The van der Waals surface area contributed by atoms with Crippen molar-refractivity contribution in [2.45, 2.75) is 32.0 Å². The van der Waals surface area contributed by atoms with Gasteiger partial charge in [0, 0.05) is 31.6 Å². The fourth-order valence-electron chi connectivity index (χ4n) is 2.53. The van der Waals surface area contributed by atoms with Gasteiger partial charge in [0.05, 0.1) is 0 Å². The van der Waals surface area contributed by atoms with Crippen LogP contribution >= 0.6 is 0 Å². The summed E-state index contributed by atoms with van der Waals surface area (Å²) in [5.41, 5.74) is 8.35. The van der Waals surface area contributed by atoms with Gasteiger partial charge in [-0.1, -0.05) is 60.7 Å². The van der Waals surface area contributed by atoms with Gasteiger partial charge < -0.3 is 11.1 Å². The number of nitrogens with one attached hydrogen (secondary N) is 1. The monoisotopic (exact) mass is 325 g/mol. The summed E-state index contributed by atoms with van der Waals surface area (Å²) in [6.07, 6.45) is 0.305. The summed E-state index contributed by atoms with van der Waals surface area (Å²) in [6.45, 7) is 3.59. The zero-order valence-electron chi connectivity index (χ0n) is 14.5. The van der Waals surface area contributed by atoms with Crippen LogP contribution in [0, 0.1) is 0 Å². The van der Waals surface area contributed by atoms with Crippen LogP contribution in [0.3, 0.4) is 0 Å². The minimum absolute atomic E-state index is 0.00804. The highest BCUT2D eigenvalue weighted by Crippen LogP contribution is 2.13. The summed E-state index contributed by atoms with van der Waals surface area (Å²) >= 11 is 0. The van der Waals surface area contributed by atoms with Crippen molar-refractivity contribution in [3.05, 3.63) is 71.8 Å². The van der Waals surface area contributed by atoms with Gasteiger partial charge in [-0.2, -0.15) is 0 Å². The quantitative estimate of drug-likeness (QED) is 0.784. The van der Waals surface area contributed by atoms with Crippen molar-refractivity contribution < 1.29 is 4.79 Å². The second kappa shape index (κ2) is 9.21. The summed E-state index contributed by atoms with van der Waals surface area (Å²) in [6, 6.07) is 20.0. The SMILES string of the molecule is CC(CNC(=O)CC(N)c1ccccc1)N(C)Cc1ccccc1. The Hall–Kier alpha value is -2.17. The van der Waals surface area contributed by atoms with Crippen molar-refractivity contribution in [3.63, 3.8) is 0 Å². The highest BCUT2D eigenvalue weighted by Gasteiger charge is 2.14. The Labute approximate surface area is 144 Å². The van der Waals surface area contributed by atoms with Crippen molar-refractivity contribution in [3.8, 4) is 0 Å². The van der Waals surface area contributed by atoms with Gasteiger partial charge >= 0.3 is 0 Å². The van der Waals surface area contributed by atoms with Gasteiger partial charge in [-0.3, -0.25) is 9.69 Å². The summed E-state index contributed by atoms with van der Waals surface area (Å²) in [5.74, 6) is -0.00804. The number of carbonyl (C=O) groups excluding carboxylic acids is 1. The van der Waals surface area contributed by atoms with E-state index in [1.165, 1.54) is 5.56 Å². The van der Waals surface area contributed by atoms with Crippen LogP contribution in [0.4, 0.5) is 0 Å². The lowest BCUT2D eigenvalue weighted by Crippen LogP contribution is -2.40. The molecule has 1 amide bonds. The molecule has 0 aromatic heterocycles. The van der Waals surface area contributed by atoms with Crippen LogP contribution in [0.1, 0.15) is 30.5 Å². The van der Waals surface area contributed by atoms with E-state index in [0.29, 0.717) is 13.0 Å². The normalized spacial score (nSPS) is 13.5. The number of nitrogens with two attached hydrogens (primary N) is 1. The molecular formula is C20H27N3O. The molecule has 0 aliphatic rings. The Balaban J connectivity index is 1.74. The third kappa shape index (κ3) is 5.80.